The van der Waals surface area contributed by atoms with Gasteiger partial charge in [0.25, 0.3) is 0 Å². The Labute approximate surface area is 103 Å². The van der Waals surface area contributed by atoms with Crippen LogP contribution in [0.5, 0.6) is 0 Å². The Balaban J connectivity index is 2.61. The second-order valence-electron chi connectivity index (χ2n) is 4.08. The average Bonchev–Trinajstić information content (AvgIpc) is 2.72. The van der Waals surface area contributed by atoms with Gasteiger partial charge in [-0.1, -0.05) is 13.3 Å². The van der Waals surface area contributed by atoms with Crippen molar-refractivity contribution in [2.75, 3.05) is 13.7 Å². The van der Waals surface area contributed by atoms with Crippen LogP contribution in [-0.2, 0) is 18.2 Å². The fourth-order valence-corrected chi connectivity index (χ4v) is 1.92. The first-order valence-corrected chi connectivity index (χ1v) is 6.23. The molecule has 1 N–H and O–H groups in total. The first-order valence-electron chi connectivity index (χ1n) is 6.23. The average molecular weight is 241 g/mol. The molecule has 0 saturated heterocycles. The molecule has 0 bridgehead atoms. The fourth-order valence-electron chi connectivity index (χ4n) is 1.92. The number of aromatic nitrogens is 4. The molecule has 0 aliphatic heterocycles. The number of tetrazole rings is 1. The minimum Gasteiger partial charge on any atom is -0.377 e. The Kier molecular flexibility index (Phi) is 6.07. The molecule has 6 heteroatoms. The summed E-state index contributed by atoms with van der Waals surface area (Å²) >= 11 is 0. The molecule has 17 heavy (non-hydrogen) atoms. The number of rotatable bonds is 8. The van der Waals surface area contributed by atoms with Crippen molar-refractivity contribution in [1.29, 1.82) is 0 Å². The molecule has 2 atom stereocenters. The van der Waals surface area contributed by atoms with Gasteiger partial charge in [0.1, 0.15) is 0 Å². The zero-order chi connectivity index (χ0) is 12.7. The third-order valence-electron chi connectivity index (χ3n) is 2.73. The lowest BCUT2D eigenvalue weighted by Gasteiger charge is -2.25. The van der Waals surface area contributed by atoms with E-state index in [2.05, 4.69) is 27.7 Å². The van der Waals surface area contributed by atoms with E-state index in [1.54, 1.807) is 7.05 Å². The molecule has 0 spiro atoms. The Morgan fingerprint density at radius 2 is 2.18 bits per heavy atom. The second kappa shape index (κ2) is 7.34. The van der Waals surface area contributed by atoms with Gasteiger partial charge in [-0.25, -0.2) is 0 Å². The van der Waals surface area contributed by atoms with Gasteiger partial charge in [-0.2, -0.15) is 4.80 Å². The molecule has 98 valence electrons. The number of likely N-dealkylation sites (N-methyl/N-ethyl adjacent to an activating group) is 1. The summed E-state index contributed by atoms with van der Waals surface area (Å²) in [6, 6.07) is 0.235. The molecule has 0 aliphatic carbocycles. The van der Waals surface area contributed by atoms with Crippen molar-refractivity contribution in [3.63, 3.8) is 0 Å². The standard InChI is InChI=1S/C11H23N5O/c1-5-7-10(17-6-2)9(12-3)8-11-13-15-16(4)14-11/h9-10,12H,5-8H2,1-4H3. The second-order valence-corrected chi connectivity index (χ2v) is 4.08. The topological polar surface area (TPSA) is 64.9 Å². The lowest BCUT2D eigenvalue weighted by Crippen LogP contribution is -2.41. The van der Waals surface area contributed by atoms with E-state index in [4.69, 9.17) is 4.74 Å². The SMILES string of the molecule is CCCC(OCC)C(Cc1nnn(C)n1)NC. The minimum absolute atomic E-state index is 0.207. The number of hydrogen-bond donors (Lipinski definition) is 1. The van der Waals surface area contributed by atoms with Gasteiger partial charge in [0, 0.05) is 19.1 Å². The van der Waals surface area contributed by atoms with Crippen LogP contribution >= 0.6 is 0 Å². The molecule has 1 rings (SSSR count). The molecule has 0 amide bonds. The molecule has 0 fully saturated rings. The predicted molar refractivity (Wildman–Crippen MR) is 65.7 cm³/mol. The van der Waals surface area contributed by atoms with E-state index in [1.165, 1.54) is 4.80 Å². The van der Waals surface area contributed by atoms with E-state index < -0.39 is 0 Å². The van der Waals surface area contributed by atoms with Crippen LogP contribution < -0.4 is 5.32 Å². The van der Waals surface area contributed by atoms with Gasteiger partial charge in [-0.3, -0.25) is 0 Å². The Morgan fingerprint density at radius 3 is 2.65 bits per heavy atom. The number of aryl methyl sites for hydroxylation is 1. The highest BCUT2D eigenvalue weighted by atomic mass is 16.5. The molecule has 0 aromatic carbocycles. The highest BCUT2D eigenvalue weighted by Crippen LogP contribution is 2.10. The molecule has 0 aliphatic rings. The number of hydrogen-bond acceptors (Lipinski definition) is 5. The first-order chi connectivity index (χ1) is 8.21. The molecular weight excluding hydrogens is 218 g/mol. The third kappa shape index (κ3) is 4.40. The quantitative estimate of drug-likeness (QED) is 0.720. The fraction of sp³-hybridized carbons (Fsp3) is 0.909. The zero-order valence-corrected chi connectivity index (χ0v) is 11.2. The Bertz CT molecular complexity index is 309. The molecule has 6 nitrogen and oxygen atoms in total. The van der Waals surface area contributed by atoms with Crippen LogP contribution in [0.15, 0.2) is 0 Å². The molecule has 2 unspecified atom stereocenters. The van der Waals surface area contributed by atoms with Crippen molar-refractivity contribution in [3.8, 4) is 0 Å². The van der Waals surface area contributed by atoms with Gasteiger partial charge in [-0.15, -0.1) is 10.2 Å². The first kappa shape index (κ1) is 14.1. The predicted octanol–water partition coefficient (Wildman–Crippen LogP) is 0.546. The lowest BCUT2D eigenvalue weighted by molar-refractivity contribution is 0.0296. The summed E-state index contributed by atoms with van der Waals surface area (Å²) in [5.74, 6) is 0.757. The van der Waals surface area contributed by atoms with Gasteiger partial charge in [0.05, 0.1) is 13.2 Å². The zero-order valence-electron chi connectivity index (χ0n) is 11.2. The van der Waals surface area contributed by atoms with Gasteiger partial charge in [0.15, 0.2) is 5.82 Å². The summed E-state index contributed by atoms with van der Waals surface area (Å²) in [7, 11) is 3.72. The minimum atomic E-state index is 0.207. The normalized spacial score (nSPS) is 14.8. The summed E-state index contributed by atoms with van der Waals surface area (Å²) in [6.45, 7) is 4.92. The van der Waals surface area contributed by atoms with Crippen molar-refractivity contribution < 1.29 is 4.74 Å². The van der Waals surface area contributed by atoms with Crippen molar-refractivity contribution in [2.45, 2.75) is 45.3 Å². The van der Waals surface area contributed by atoms with Crippen LogP contribution in [0.4, 0.5) is 0 Å². The smallest absolute Gasteiger partial charge is 0.176 e. The van der Waals surface area contributed by atoms with Crippen LogP contribution in [-0.4, -0.2) is 46.0 Å². The van der Waals surface area contributed by atoms with Crippen LogP contribution in [0.2, 0.25) is 0 Å². The van der Waals surface area contributed by atoms with Crippen molar-refractivity contribution >= 4 is 0 Å². The summed E-state index contributed by atoms with van der Waals surface area (Å²) < 4.78 is 5.77. The molecule has 0 saturated carbocycles. The van der Waals surface area contributed by atoms with Crippen LogP contribution in [0.25, 0.3) is 0 Å². The van der Waals surface area contributed by atoms with Gasteiger partial charge >= 0.3 is 0 Å². The molecule has 1 aromatic heterocycles. The Hall–Kier alpha value is -1.01. The largest absolute Gasteiger partial charge is 0.377 e. The summed E-state index contributed by atoms with van der Waals surface area (Å²) in [5.41, 5.74) is 0. The van der Waals surface area contributed by atoms with Crippen molar-refractivity contribution in [2.24, 2.45) is 7.05 Å². The van der Waals surface area contributed by atoms with Crippen molar-refractivity contribution in [3.05, 3.63) is 5.82 Å². The maximum atomic E-state index is 5.77. The maximum absolute atomic E-state index is 5.77. The van der Waals surface area contributed by atoms with Crippen molar-refractivity contribution in [1.82, 2.24) is 25.5 Å². The Morgan fingerprint density at radius 1 is 1.41 bits per heavy atom. The highest BCUT2D eigenvalue weighted by Gasteiger charge is 2.21. The van der Waals surface area contributed by atoms with E-state index in [0.29, 0.717) is 0 Å². The molecular formula is C11H23N5O. The van der Waals surface area contributed by atoms with Gasteiger partial charge in [-0.05, 0) is 25.6 Å². The monoisotopic (exact) mass is 241 g/mol. The van der Waals surface area contributed by atoms with E-state index in [9.17, 15) is 0 Å². The summed E-state index contributed by atoms with van der Waals surface area (Å²) in [5, 5.41) is 15.3. The van der Waals surface area contributed by atoms with E-state index in [1.807, 2.05) is 14.0 Å². The lowest BCUT2D eigenvalue weighted by atomic mass is 10.0. The molecule has 0 radical (unpaired) electrons. The van der Waals surface area contributed by atoms with Crippen LogP contribution in [0, 0.1) is 0 Å². The number of ether oxygens (including phenoxy) is 1. The van der Waals surface area contributed by atoms with E-state index in [-0.39, 0.29) is 12.1 Å². The summed E-state index contributed by atoms with van der Waals surface area (Å²) in [4.78, 5) is 1.48. The third-order valence-corrected chi connectivity index (χ3v) is 2.73. The van der Waals surface area contributed by atoms with Gasteiger partial charge in [0.2, 0.25) is 0 Å². The maximum Gasteiger partial charge on any atom is 0.176 e. The number of nitrogens with one attached hydrogen (secondary N) is 1. The highest BCUT2D eigenvalue weighted by molar-refractivity contribution is 4.88. The van der Waals surface area contributed by atoms with Crippen LogP contribution in [0.1, 0.15) is 32.5 Å². The van der Waals surface area contributed by atoms with E-state index in [0.717, 1.165) is 31.7 Å². The van der Waals surface area contributed by atoms with E-state index >= 15 is 0 Å². The molecule has 1 heterocycles. The summed E-state index contributed by atoms with van der Waals surface area (Å²) in [6.07, 6.45) is 3.10. The molecule has 1 aromatic rings. The van der Waals surface area contributed by atoms with Crippen LogP contribution in [0.3, 0.4) is 0 Å². The van der Waals surface area contributed by atoms with Gasteiger partial charge < -0.3 is 10.1 Å². The number of nitrogens with zero attached hydrogens (tertiary/aromatic N) is 4.